The van der Waals surface area contributed by atoms with Crippen LogP contribution < -0.4 is 20.8 Å². The van der Waals surface area contributed by atoms with Crippen molar-refractivity contribution in [1.29, 1.82) is 0 Å². The van der Waals surface area contributed by atoms with Gasteiger partial charge in [0.25, 0.3) is 5.91 Å². The molecule has 4 N–H and O–H groups in total. The maximum Gasteiger partial charge on any atom is 0.341 e. The van der Waals surface area contributed by atoms with Gasteiger partial charge in [0, 0.05) is 38.4 Å². The topological polar surface area (TPSA) is 147 Å². The molecule has 178 valence electrons. The van der Waals surface area contributed by atoms with Gasteiger partial charge in [-0.3, -0.25) is 9.59 Å². The number of aromatic carboxylic acids is 1. The summed E-state index contributed by atoms with van der Waals surface area (Å²) in [7, 11) is 1.40. The van der Waals surface area contributed by atoms with Gasteiger partial charge in [-0.1, -0.05) is 0 Å². The standard InChI is InChI=1S/C22H23FN6O5/c1-34-19-16-12(18(30)13(21(32)33)10-29(16)11-2-3-11)8-14(23)17(19)27-4-6-28(7-5-27)20(31)15-9-25-22(24)26-15/h8-11H,2-7H2,1H3,(H,32,33)(H3,24,25,26). The normalized spacial score (nSPS) is 16.2. The number of anilines is 2. The van der Waals surface area contributed by atoms with Crippen molar-refractivity contribution < 1.29 is 23.8 Å². The zero-order chi connectivity index (χ0) is 24.1. The number of rotatable bonds is 5. The Kier molecular flexibility index (Phi) is 5.14. The van der Waals surface area contributed by atoms with E-state index in [1.54, 1.807) is 14.4 Å². The lowest BCUT2D eigenvalue weighted by atomic mass is 10.1. The van der Waals surface area contributed by atoms with Crippen LogP contribution in [-0.4, -0.2) is 69.7 Å². The number of fused-ring (bicyclic) bond motifs is 1. The number of carbonyl (C=O) groups excluding carboxylic acids is 1. The first-order chi connectivity index (χ1) is 16.3. The molecule has 0 atom stereocenters. The van der Waals surface area contributed by atoms with Crippen LogP contribution in [0.1, 0.15) is 39.7 Å². The van der Waals surface area contributed by atoms with Crippen LogP contribution in [0.25, 0.3) is 10.9 Å². The van der Waals surface area contributed by atoms with Crippen molar-refractivity contribution in [2.45, 2.75) is 18.9 Å². The van der Waals surface area contributed by atoms with Gasteiger partial charge in [0.05, 0.1) is 24.2 Å². The van der Waals surface area contributed by atoms with Gasteiger partial charge >= 0.3 is 5.97 Å². The number of methoxy groups -OCH3 is 1. The molecule has 5 rings (SSSR count). The average molecular weight is 470 g/mol. The molecular weight excluding hydrogens is 447 g/mol. The van der Waals surface area contributed by atoms with Crippen molar-refractivity contribution >= 4 is 34.4 Å². The Bertz CT molecular complexity index is 1370. The Balaban J connectivity index is 1.53. The highest BCUT2D eigenvalue weighted by Crippen LogP contribution is 2.43. The number of H-pyrrole nitrogens is 1. The molecule has 11 nitrogen and oxygen atoms in total. The van der Waals surface area contributed by atoms with E-state index < -0.39 is 22.8 Å². The number of nitrogen functional groups attached to an aromatic ring is 1. The number of amides is 1. The fourth-order valence-corrected chi connectivity index (χ4v) is 4.47. The predicted molar refractivity (Wildman–Crippen MR) is 121 cm³/mol. The molecule has 0 radical (unpaired) electrons. The molecule has 34 heavy (non-hydrogen) atoms. The fraction of sp³-hybridized carbons (Fsp3) is 0.364. The molecule has 1 aliphatic heterocycles. The number of benzene rings is 1. The number of ether oxygens (including phenoxy) is 1. The molecule has 1 aromatic carbocycles. The molecule has 2 fully saturated rings. The second-order valence-corrected chi connectivity index (χ2v) is 8.41. The van der Waals surface area contributed by atoms with Gasteiger partial charge in [-0.2, -0.15) is 0 Å². The van der Waals surface area contributed by atoms with E-state index >= 15 is 4.39 Å². The molecule has 1 saturated carbocycles. The number of piperazine rings is 1. The number of imidazole rings is 1. The van der Waals surface area contributed by atoms with Gasteiger partial charge in [0.2, 0.25) is 5.43 Å². The number of halogens is 1. The summed E-state index contributed by atoms with van der Waals surface area (Å²) in [5, 5.41) is 9.44. The smallest absolute Gasteiger partial charge is 0.341 e. The Morgan fingerprint density at radius 1 is 1.26 bits per heavy atom. The summed E-state index contributed by atoms with van der Waals surface area (Å²) in [5.41, 5.74) is 5.24. The first-order valence-corrected chi connectivity index (χ1v) is 10.8. The highest BCUT2D eigenvalue weighted by atomic mass is 19.1. The minimum absolute atomic E-state index is 0.0183. The van der Waals surface area contributed by atoms with Crippen molar-refractivity contribution in [2.24, 2.45) is 0 Å². The molecule has 1 aliphatic carbocycles. The van der Waals surface area contributed by atoms with Crippen LogP contribution in [0, 0.1) is 5.82 Å². The number of hydrogen-bond acceptors (Lipinski definition) is 7. The lowest BCUT2D eigenvalue weighted by Gasteiger charge is -2.36. The van der Waals surface area contributed by atoms with E-state index in [-0.39, 0.29) is 40.4 Å². The van der Waals surface area contributed by atoms with Gasteiger partial charge in [-0.15, -0.1) is 0 Å². The molecule has 3 aromatic rings. The molecule has 3 heterocycles. The highest BCUT2D eigenvalue weighted by molar-refractivity contribution is 5.97. The number of carboxylic acid groups (broad SMARTS) is 1. The highest BCUT2D eigenvalue weighted by Gasteiger charge is 2.32. The summed E-state index contributed by atoms with van der Waals surface area (Å²) >= 11 is 0. The van der Waals surface area contributed by atoms with Crippen LogP contribution in [0.3, 0.4) is 0 Å². The number of aromatic nitrogens is 3. The summed E-state index contributed by atoms with van der Waals surface area (Å²) in [5.74, 6) is -1.97. The van der Waals surface area contributed by atoms with Gasteiger partial charge in [0.15, 0.2) is 17.5 Å². The zero-order valence-electron chi connectivity index (χ0n) is 18.4. The van der Waals surface area contributed by atoms with Crippen LogP contribution in [0.4, 0.5) is 16.0 Å². The molecular formula is C22H23FN6O5. The number of aromatic amines is 1. The third-order valence-corrected chi connectivity index (χ3v) is 6.28. The third-order valence-electron chi connectivity index (χ3n) is 6.28. The lowest BCUT2D eigenvalue weighted by Crippen LogP contribution is -2.49. The molecule has 0 spiro atoms. The van der Waals surface area contributed by atoms with E-state index in [0.717, 1.165) is 18.9 Å². The van der Waals surface area contributed by atoms with Gasteiger partial charge in [-0.25, -0.2) is 14.2 Å². The van der Waals surface area contributed by atoms with Crippen molar-refractivity contribution in [2.75, 3.05) is 43.9 Å². The quantitative estimate of drug-likeness (QED) is 0.508. The van der Waals surface area contributed by atoms with Crippen LogP contribution in [-0.2, 0) is 0 Å². The number of nitrogens with one attached hydrogen (secondary N) is 1. The van der Waals surface area contributed by atoms with Crippen LogP contribution >= 0.6 is 0 Å². The number of carbonyl (C=O) groups is 2. The minimum Gasteiger partial charge on any atom is -0.492 e. The first kappa shape index (κ1) is 21.7. The van der Waals surface area contributed by atoms with E-state index in [1.807, 2.05) is 0 Å². The predicted octanol–water partition coefficient (Wildman–Crippen LogP) is 1.45. The maximum absolute atomic E-state index is 15.4. The zero-order valence-corrected chi connectivity index (χ0v) is 18.4. The Morgan fingerprint density at radius 3 is 2.53 bits per heavy atom. The summed E-state index contributed by atoms with van der Waals surface area (Å²) in [6.45, 7) is 1.31. The van der Waals surface area contributed by atoms with Gasteiger partial charge in [-0.05, 0) is 18.9 Å². The Labute approximate surface area is 192 Å². The molecule has 0 unspecified atom stereocenters. The Hall–Kier alpha value is -4.09. The first-order valence-electron chi connectivity index (χ1n) is 10.8. The fourth-order valence-electron chi connectivity index (χ4n) is 4.47. The molecule has 12 heteroatoms. The number of pyridine rings is 1. The third kappa shape index (κ3) is 3.51. The summed E-state index contributed by atoms with van der Waals surface area (Å²) in [6, 6.07) is 1.11. The van der Waals surface area contributed by atoms with E-state index in [9.17, 15) is 19.5 Å². The largest absolute Gasteiger partial charge is 0.492 e. The summed E-state index contributed by atoms with van der Waals surface area (Å²) in [6.07, 6.45) is 4.34. The van der Waals surface area contributed by atoms with Crippen molar-refractivity contribution in [3.8, 4) is 5.75 Å². The molecule has 0 bridgehead atoms. The molecule has 2 aromatic heterocycles. The second-order valence-electron chi connectivity index (χ2n) is 8.41. The monoisotopic (exact) mass is 470 g/mol. The number of nitrogens with two attached hydrogens (primary N) is 1. The molecule has 1 amide bonds. The van der Waals surface area contributed by atoms with Crippen molar-refractivity contribution in [1.82, 2.24) is 19.4 Å². The Morgan fingerprint density at radius 2 is 1.97 bits per heavy atom. The lowest BCUT2D eigenvalue weighted by molar-refractivity contribution is 0.0693. The minimum atomic E-state index is -1.36. The van der Waals surface area contributed by atoms with E-state index in [1.165, 1.54) is 19.5 Å². The second kappa shape index (κ2) is 8.04. The summed E-state index contributed by atoms with van der Waals surface area (Å²) < 4.78 is 22.7. The molecule has 2 aliphatic rings. The van der Waals surface area contributed by atoms with Crippen LogP contribution in [0.15, 0.2) is 23.3 Å². The van der Waals surface area contributed by atoms with Gasteiger partial charge in [0.1, 0.15) is 16.9 Å². The van der Waals surface area contributed by atoms with Crippen molar-refractivity contribution in [3.05, 3.63) is 45.8 Å². The van der Waals surface area contributed by atoms with E-state index in [0.29, 0.717) is 31.7 Å². The number of hydrogen-bond donors (Lipinski definition) is 3. The number of carboxylic acids is 1. The SMILES string of the molecule is COc1c(N2CCN(C(=O)c3cnc(N)[nH]3)CC2)c(F)cc2c(=O)c(C(=O)O)cn(C3CC3)c12. The maximum atomic E-state index is 15.4. The van der Waals surface area contributed by atoms with Gasteiger partial charge < -0.3 is 34.9 Å². The molecule has 1 saturated heterocycles. The number of nitrogens with zero attached hydrogens (tertiary/aromatic N) is 4. The van der Waals surface area contributed by atoms with E-state index in [4.69, 9.17) is 10.5 Å². The van der Waals surface area contributed by atoms with Crippen molar-refractivity contribution in [3.63, 3.8) is 0 Å². The van der Waals surface area contributed by atoms with Crippen LogP contribution in [0.5, 0.6) is 5.75 Å². The average Bonchev–Trinajstić information content (AvgIpc) is 3.58. The summed E-state index contributed by atoms with van der Waals surface area (Å²) in [4.78, 5) is 47.1. The van der Waals surface area contributed by atoms with Crippen LogP contribution in [0.2, 0.25) is 0 Å². The van der Waals surface area contributed by atoms with E-state index in [2.05, 4.69) is 9.97 Å².